The van der Waals surface area contributed by atoms with Crippen LogP contribution in [0, 0.1) is 5.92 Å². The van der Waals surface area contributed by atoms with Crippen molar-refractivity contribution in [3.05, 3.63) is 60.4 Å². The molecule has 3 heterocycles. The minimum atomic E-state index is -0.412. The number of benzene rings is 1. The Bertz CT molecular complexity index is 791. The summed E-state index contributed by atoms with van der Waals surface area (Å²) in [5.41, 5.74) is 2.09. The highest BCUT2D eigenvalue weighted by Crippen LogP contribution is 2.27. The van der Waals surface area contributed by atoms with Crippen LogP contribution in [0.15, 0.2) is 59.4 Å². The topological polar surface area (TPSA) is 75.3 Å². The summed E-state index contributed by atoms with van der Waals surface area (Å²) in [6.07, 6.45) is 3.95. The van der Waals surface area contributed by atoms with Gasteiger partial charge >= 0.3 is 6.01 Å². The molecule has 6 nitrogen and oxygen atoms in total. The summed E-state index contributed by atoms with van der Waals surface area (Å²) < 4.78 is 5.39. The Hall–Kier alpha value is -2.73. The molecule has 1 saturated heterocycles. The van der Waals surface area contributed by atoms with Crippen LogP contribution in [0.25, 0.3) is 11.4 Å². The lowest BCUT2D eigenvalue weighted by molar-refractivity contribution is 0.148. The van der Waals surface area contributed by atoms with Crippen LogP contribution in [0.5, 0.6) is 0 Å². The first-order chi connectivity index (χ1) is 11.8. The zero-order valence-corrected chi connectivity index (χ0v) is 13.1. The fourth-order valence-electron chi connectivity index (χ4n) is 3.08. The number of rotatable bonds is 4. The van der Waals surface area contributed by atoms with E-state index >= 15 is 0 Å². The van der Waals surface area contributed by atoms with Crippen molar-refractivity contribution in [1.82, 2.24) is 15.1 Å². The lowest BCUT2D eigenvalue weighted by atomic mass is 9.97. The van der Waals surface area contributed by atoms with Crippen molar-refractivity contribution in [2.75, 3.05) is 18.0 Å². The van der Waals surface area contributed by atoms with Crippen LogP contribution in [0.2, 0.25) is 0 Å². The fraction of sp³-hybridized carbons (Fsp3) is 0.278. The average Bonchev–Trinajstić information content (AvgIpc) is 3.24. The highest BCUT2D eigenvalue weighted by atomic mass is 16.5. The molecule has 1 N–H and O–H groups in total. The average molecular weight is 322 g/mol. The molecule has 1 fully saturated rings. The zero-order valence-electron chi connectivity index (χ0n) is 13.1. The molecule has 0 amide bonds. The summed E-state index contributed by atoms with van der Waals surface area (Å²) in [6.45, 7) is 1.20. The van der Waals surface area contributed by atoms with E-state index in [1.807, 2.05) is 47.4 Å². The van der Waals surface area contributed by atoms with Gasteiger partial charge in [-0.15, -0.1) is 0 Å². The maximum Gasteiger partial charge on any atom is 0.324 e. The third-order valence-corrected chi connectivity index (χ3v) is 4.37. The molecule has 3 aromatic rings. The second-order valence-corrected chi connectivity index (χ2v) is 6.06. The molecule has 0 unspecified atom stereocenters. The molecular weight excluding hydrogens is 304 g/mol. The minimum absolute atomic E-state index is 0.138. The third-order valence-electron chi connectivity index (χ3n) is 4.37. The highest BCUT2D eigenvalue weighted by Gasteiger charge is 2.34. The van der Waals surface area contributed by atoms with Gasteiger partial charge < -0.3 is 14.5 Å². The van der Waals surface area contributed by atoms with Gasteiger partial charge in [-0.25, -0.2) is 0 Å². The Labute approximate surface area is 139 Å². The number of pyridine rings is 1. The van der Waals surface area contributed by atoms with Crippen LogP contribution in [-0.4, -0.2) is 39.4 Å². The van der Waals surface area contributed by atoms with Gasteiger partial charge in [0.2, 0.25) is 5.82 Å². The molecule has 2 atom stereocenters. The van der Waals surface area contributed by atoms with Gasteiger partial charge in [-0.05, 0) is 24.1 Å². The number of aliphatic hydroxyl groups excluding tert-OH is 1. The summed E-state index contributed by atoms with van der Waals surface area (Å²) in [5, 5.41) is 14.4. The first-order valence-electron chi connectivity index (χ1n) is 8.00. The van der Waals surface area contributed by atoms with Crippen molar-refractivity contribution in [3.8, 4) is 11.4 Å². The standard InChI is InChI=1S/C18H18N4O2/c23-16-12-22(11-15(16)10-13-6-8-19-9-7-13)18-20-17(21-24-18)14-4-2-1-3-5-14/h1-9,15-16,23H,10-12H2/t15-,16+/m1/s1. The van der Waals surface area contributed by atoms with E-state index in [2.05, 4.69) is 15.1 Å². The largest absolute Gasteiger partial charge is 0.391 e. The van der Waals surface area contributed by atoms with Crippen LogP contribution in [-0.2, 0) is 6.42 Å². The number of nitrogens with zero attached hydrogens (tertiary/aromatic N) is 4. The number of anilines is 1. The second kappa shape index (κ2) is 6.41. The first kappa shape index (κ1) is 14.8. The van der Waals surface area contributed by atoms with Crippen molar-refractivity contribution in [2.45, 2.75) is 12.5 Å². The van der Waals surface area contributed by atoms with E-state index in [0.29, 0.717) is 24.9 Å². The molecule has 0 bridgehead atoms. The molecule has 0 aliphatic carbocycles. The van der Waals surface area contributed by atoms with Gasteiger partial charge in [0.15, 0.2) is 0 Å². The monoisotopic (exact) mass is 322 g/mol. The van der Waals surface area contributed by atoms with Crippen LogP contribution >= 0.6 is 0 Å². The predicted octanol–water partition coefficient (Wildman–Crippen LogP) is 2.17. The molecule has 1 aromatic carbocycles. The van der Waals surface area contributed by atoms with Gasteiger partial charge in [-0.3, -0.25) is 4.98 Å². The van der Waals surface area contributed by atoms with Crippen LogP contribution < -0.4 is 4.90 Å². The van der Waals surface area contributed by atoms with E-state index in [1.165, 1.54) is 5.56 Å². The minimum Gasteiger partial charge on any atom is -0.391 e. The molecule has 2 aromatic heterocycles. The first-order valence-corrected chi connectivity index (χ1v) is 8.00. The molecule has 0 saturated carbocycles. The van der Waals surface area contributed by atoms with Crippen molar-refractivity contribution < 1.29 is 9.63 Å². The summed E-state index contributed by atoms with van der Waals surface area (Å²) in [6, 6.07) is 14.1. The molecular formula is C18H18N4O2. The van der Waals surface area contributed by atoms with E-state index in [-0.39, 0.29) is 5.92 Å². The summed E-state index contributed by atoms with van der Waals surface area (Å²) in [7, 11) is 0. The zero-order chi connectivity index (χ0) is 16.4. The number of hydrogen-bond acceptors (Lipinski definition) is 6. The number of aliphatic hydroxyl groups is 1. The normalized spacial score (nSPS) is 20.5. The molecule has 6 heteroatoms. The van der Waals surface area contributed by atoms with Crippen molar-refractivity contribution in [3.63, 3.8) is 0 Å². The Morgan fingerprint density at radius 3 is 2.67 bits per heavy atom. The molecule has 1 aliphatic heterocycles. The number of hydrogen-bond donors (Lipinski definition) is 1. The maximum atomic E-state index is 10.4. The Morgan fingerprint density at radius 1 is 1.08 bits per heavy atom. The molecule has 4 rings (SSSR count). The van der Waals surface area contributed by atoms with Gasteiger partial charge in [0.25, 0.3) is 0 Å². The molecule has 0 radical (unpaired) electrons. The van der Waals surface area contributed by atoms with Crippen molar-refractivity contribution in [2.24, 2.45) is 5.92 Å². The van der Waals surface area contributed by atoms with Crippen molar-refractivity contribution >= 4 is 6.01 Å². The van der Waals surface area contributed by atoms with E-state index < -0.39 is 6.10 Å². The lowest BCUT2D eigenvalue weighted by Gasteiger charge is -2.13. The van der Waals surface area contributed by atoms with Gasteiger partial charge in [-0.2, -0.15) is 4.98 Å². The quantitative estimate of drug-likeness (QED) is 0.793. The Balaban J connectivity index is 1.47. The van der Waals surface area contributed by atoms with E-state index in [4.69, 9.17) is 4.52 Å². The second-order valence-electron chi connectivity index (χ2n) is 6.06. The van der Waals surface area contributed by atoms with Crippen LogP contribution in [0.4, 0.5) is 6.01 Å². The highest BCUT2D eigenvalue weighted by molar-refractivity contribution is 5.55. The van der Waals surface area contributed by atoms with E-state index in [1.54, 1.807) is 12.4 Å². The van der Waals surface area contributed by atoms with Gasteiger partial charge in [0.05, 0.1) is 6.10 Å². The molecule has 1 aliphatic rings. The Morgan fingerprint density at radius 2 is 1.88 bits per heavy atom. The van der Waals surface area contributed by atoms with Crippen LogP contribution in [0.1, 0.15) is 5.56 Å². The maximum absolute atomic E-state index is 10.4. The summed E-state index contributed by atoms with van der Waals surface area (Å²) in [5.74, 6) is 0.706. The van der Waals surface area contributed by atoms with E-state index in [0.717, 1.165) is 12.0 Å². The summed E-state index contributed by atoms with van der Waals surface area (Å²) in [4.78, 5) is 10.4. The molecule has 24 heavy (non-hydrogen) atoms. The smallest absolute Gasteiger partial charge is 0.324 e. The van der Waals surface area contributed by atoms with Crippen molar-refractivity contribution in [1.29, 1.82) is 0 Å². The fourth-order valence-corrected chi connectivity index (χ4v) is 3.08. The van der Waals surface area contributed by atoms with Crippen LogP contribution in [0.3, 0.4) is 0 Å². The Kier molecular flexibility index (Phi) is 3.96. The third kappa shape index (κ3) is 3.00. The van der Waals surface area contributed by atoms with E-state index in [9.17, 15) is 5.11 Å². The molecule has 122 valence electrons. The van der Waals surface area contributed by atoms with Gasteiger partial charge in [0, 0.05) is 37.0 Å². The van der Waals surface area contributed by atoms with Gasteiger partial charge in [0.1, 0.15) is 0 Å². The number of aromatic nitrogens is 3. The summed E-state index contributed by atoms with van der Waals surface area (Å²) >= 11 is 0. The predicted molar refractivity (Wildman–Crippen MR) is 89.4 cm³/mol. The molecule has 0 spiro atoms. The SMILES string of the molecule is O[C@H]1CN(c2nc(-c3ccccc3)no2)C[C@H]1Cc1ccncc1. The number of β-amino-alcohol motifs (C(OH)–C–C–N with tert-alkyl or cyclic N) is 1. The lowest BCUT2D eigenvalue weighted by Crippen LogP contribution is -2.21. The van der Waals surface area contributed by atoms with Gasteiger partial charge in [-0.1, -0.05) is 35.5 Å².